The van der Waals surface area contributed by atoms with Crippen LogP contribution in [0.3, 0.4) is 0 Å². The minimum atomic E-state index is -0.325. The Morgan fingerprint density at radius 2 is 1.83 bits per heavy atom. The predicted octanol–water partition coefficient (Wildman–Crippen LogP) is 6.04. The molecule has 1 amide bonds. The molecule has 3 rings (SSSR count). The van der Waals surface area contributed by atoms with E-state index >= 15 is 0 Å². The van der Waals surface area contributed by atoms with Crippen molar-refractivity contribution in [1.29, 1.82) is 0 Å². The zero-order valence-electron chi connectivity index (χ0n) is 15.8. The fourth-order valence-electron chi connectivity index (χ4n) is 2.73. The van der Waals surface area contributed by atoms with Gasteiger partial charge in [-0.15, -0.1) is 10.2 Å². The second-order valence-corrected chi connectivity index (χ2v) is 8.52. The number of nitrogens with zero attached hydrogens (tertiary/aromatic N) is 3. The Hall–Kier alpha value is -1.73. The highest BCUT2D eigenvalue weighted by Gasteiger charge is 2.20. The molecule has 5 nitrogen and oxygen atoms in total. The van der Waals surface area contributed by atoms with Crippen molar-refractivity contribution in [3.63, 3.8) is 0 Å². The van der Waals surface area contributed by atoms with Crippen LogP contribution in [0.2, 0.25) is 15.1 Å². The third kappa shape index (κ3) is 5.45. The summed E-state index contributed by atoms with van der Waals surface area (Å²) in [6.45, 7) is 4.59. The maximum atomic E-state index is 12.6. The normalized spacial score (nSPS) is 12.0. The molecule has 9 heteroatoms. The number of thioether (sulfide) groups is 1. The Morgan fingerprint density at radius 1 is 1.10 bits per heavy atom. The summed E-state index contributed by atoms with van der Waals surface area (Å²) in [6, 6.07) is 12.2. The van der Waals surface area contributed by atoms with Crippen LogP contribution in [0.4, 0.5) is 0 Å². The first kappa shape index (κ1) is 22.0. The van der Waals surface area contributed by atoms with Crippen molar-refractivity contribution in [2.75, 3.05) is 0 Å². The molecule has 0 spiro atoms. The van der Waals surface area contributed by atoms with Gasteiger partial charge in [-0.05, 0) is 49.7 Å². The summed E-state index contributed by atoms with van der Waals surface area (Å²) in [5, 5.41) is 13.8. The number of halogens is 3. The van der Waals surface area contributed by atoms with E-state index in [0.717, 1.165) is 16.5 Å². The topological polar surface area (TPSA) is 59.8 Å². The maximum Gasteiger partial charge on any atom is 0.251 e. The highest BCUT2D eigenvalue weighted by molar-refractivity contribution is 7.98. The van der Waals surface area contributed by atoms with E-state index in [2.05, 4.69) is 15.5 Å². The first-order chi connectivity index (χ1) is 13.9. The molecule has 1 heterocycles. The molecule has 29 heavy (non-hydrogen) atoms. The van der Waals surface area contributed by atoms with Crippen molar-refractivity contribution < 1.29 is 4.79 Å². The monoisotopic (exact) mass is 468 g/mol. The Bertz CT molecular complexity index is 1010. The second-order valence-electron chi connectivity index (χ2n) is 6.32. The van der Waals surface area contributed by atoms with Gasteiger partial charge >= 0.3 is 0 Å². The number of benzene rings is 2. The molecule has 0 aliphatic heterocycles. The summed E-state index contributed by atoms with van der Waals surface area (Å²) in [4.78, 5) is 12.6. The number of amides is 1. The lowest BCUT2D eigenvalue weighted by Crippen LogP contribution is -2.28. The maximum absolute atomic E-state index is 12.6. The van der Waals surface area contributed by atoms with Crippen molar-refractivity contribution in [3.8, 4) is 0 Å². The molecule has 0 saturated carbocycles. The Kier molecular flexibility index (Phi) is 7.46. The van der Waals surface area contributed by atoms with Gasteiger partial charge in [0.2, 0.25) is 0 Å². The summed E-state index contributed by atoms with van der Waals surface area (Å²) in [5.74, 6) is 1.19. The summed E-state index contributed by atoms with van der Waals surface area (Å²) in [5.41, 5.74) is 1.58. The van der Waals surface area contributed by atoms with Crippen LogP contribution >= 0.6 is 46.6 Å². The van der Waals surface area contributed by atoms with Crippen molar-refractivity contribution >= 4 is 52.5 Å². The molecule has 1 atom stereocenters. The zero-order valence-corrected chi connectivity index (χ0v) is 18.9. The summed E-state index contributed by atoms with van der Waals surface area (Å²) in [6.07, 6.45) is 0. The third-order valence-electron chi connectivity index (χ3n) is 4.26. The lowest BCUT2D eigenvalue weighted by atomic mass is 10.2. The number of hydrogen-bond acceptors (Lipinski definition) is 4. The molecule has 0 radical (unpaired) electrons. The molecule has 0 aliphatic rings. The van der Waals surface area contributed by atoms with E-state index in [1.165, 1.54) is 0 Å². The summed E-state index contributed by atoms with van der Waals surface area (Å²) < 4.78 is 2.00. The first-order valence-corrected chi connectivity index (χ1v) is 11.1. The van der Waals surface area contributed by atoms with Crippen LogP contribution in [0.5, 0.6) is 0 Å². The fourth-order valence-corrected chi connectivity index (χ4v) is 4.12. The van der Waals surface area contributed by atoms with Gasteiger partial charge < -0.3 is 9.88 Å². The van der Waals surface area contributed by atoms with Gasteiger partial charge in [0.1, 0.15) is 0 Å². The average molecular weight is 470 g/mol. The van der Waals surface area contributed by atoms with Gasteiger partial charge in [-0.3, -0.25) is 4.79 Å². The van der Waals surface area contributed by atoms with Crippen molar-refractivity contribution in [1.82, 2.24) is 20.1 Å². The second kappa shape index (κ2) is 9.85. The van der Waals surface area contributed by atoms with Gasteiger partial charge in [-0.2, -0.15) is 0 Å². The van der Waals surface area contributed by atoms with E-state index in [-0.39, 0.29) is 11.9 Å². The number of rotatable bonds is 7. The van der Waals surface area contributed by atoms with E-state index in [1.807, 2.05) is 42.7 Å². The van der Waals surface area contributed by atoms with Gasteiger partial charge in [0.05, 0.1) is 16.1 Å². The van der Waals surface area contributed by atoms with Crippen molar-refractivity contribution in [2.24, 2.45) is 0 Å². The van der Waals surface area contributed by atoms with Crippen LogP contribution in [0.25, 0.3) is 0 Å². The molecule has 0 saturated heterocycles. The molecule has 3 aromatic rings. The van der Waals surface area contributed by atoms with Gasteiger partial charge in [-0.1, -0.05) is 58.7 Å². The lowest BCUT2D eigenvalue weighted by molar-refractivity contribution is 0.0937. The van der Waals surface area contributed by atoms with Crippen LogP contribution in [-0.4, -0.2) is 20.7 Å². The van der Waals surface area contributed by atoms with Gasteiger partial charge in [0, 0.05) is 22.9 Å². The molecule has 0 unspecified atom stereocenters. The van der Waals surface area contributed by atoms with Crippen LogP contribution in [0.1, 0.15) is 41.6 Å². The number of aromatic nitrogens is 3. The third-order valence-corrected chi connectivity index (χ3v) is 6.29. The van der Waals surface area contributed by atoms with Gasteiger partial charge in [-0.25, -0.2) is 0 Å². The number of carbonyl (C=O) groups excluding carboxylic acids is 1. The average Bonchev–Trinajstić information content (AvgIpc) is 3.12. The molecule has 1 N–H and O–H groups in total. The molecule has 0 aliphatic carbocycles. The Balaban J connectivity index is 1.70. The molecular weight excluding hydrogens is 451 g/mol. The van der Waals surface area contributed by atoms with Crippen LogP contribution < -0.4 is 5.32 Å². The van der Waals surface area contributed by atoms with E-state index < -0.39 is 0 Å². The van der Waals surface area contributed by atoms with Crippen LogP contribution in [0, 0.1) is 0 Å². The fraction of sp³-hybridized carbons (Fsp3) is 0.250. The SMILES string of the molecule is CCn1c(SCc2ccc(Cl)cc2)nnc1[C@@H](C)NC(=O)c1ccc(Cl)c(Cl)c1. The van der Waals surface area contributed by atoms with Crippen molar-refractivity contribution in [3.05, 3.63) is 74.5 Å². The molecule has 152 valence electrons. The minimum absolute atomic E-state index is 0.253. The van der Waals surface area contributed by atoms with Gasteiger partial charge in [0.25, 0.3) is 5.91 Å². The standard InChI is InChI=1S/C20H19Cl3N4OS/c1-3-27-18(12(2)24-19(28)14-6-9-16(22)17(23)10-14)25-26-20(27)29-11-13-4-7-15(21)8-5-13/h4-10,12H,3,11H2,1-2H3,(H,24,28)/t12-/m1/s1. The highest BCUT2D eigenvalue weighted by Crippen LogP contribution is 2.26. The number of hydrogen-bond donors (Lipinski definition) is 1. The van der Waals surface area contributed by atoms with E-state index in [9.17, 15) is 4.79 Å². The van der Waals surface area contributed by atoms with E-state index in [1.54, 1.807) is 30.0 Å². The first-order valence-electron chi connectivity index (χ1n) is 8.95. The number of nitrogens with one attached hydrogen (secondary N) is 1. The largest absolute Gasteiger partial charge is 0.342 e. The Labute approximate surface area is 188 Å². The van der Waals surface area contributed by atoms with Crippen LogP contribution in [0.15, 0.2) is 47.6 Å². The van der Waals surface area contributed by atoms with E-state index in [0.29, 0.717) is 33.0 Å². The minimum Gasteiger partial charge on any atom is -0.342 e. The summed E-state index contributed by atoms with van der Waals surface area (Å²) in [7, 11) is 0. The summed E-state index contributed by atoms with van der Waals surface area (Å²) >= 11 is 19.4. The molecular formula is C20H19Cl3N4OS. The quantitative estimate of drug-likeness (QED) is 0.428. The van der Waals surface area contributed by atoms with Gasteiger partial charge in [0.15, 0.2) is 11.0 Å². The molecule has 1 aromatic heterocycles. The molecule has 2 aromatic carbocycles. The molecule has 0 fully saturated rings. The lowest BCUT2D eigenvalue weighted by Gasteiger charge is -2.15. The van der Waals surface area contributed by atoms with Crippen LogP contribution in [-0.2, 0) is 12.3 Å². The molecule has 0 bridgehead atoms. The predicted molar refractivity (Wildman–Crippen MR) is 119 cm³/mol. The Morgan fingerprint density at radius 3 is 2.48 bits per heavy atom. The van der Waals surface area contributed by atoms with E-state index in [4.69, 9.17) is 34.8 Å². The zero-order chi connectivity index (χ0) is 21.0. The highest BCUT2D eigenvalue weighted by atomic mass is 35.5. The van der Waals surface area contributed by atoms with Crippen molar-refractivity contribution in [2.45, 2.75) is 37.3 Å². The smallest absolute Gasteiger partial charge is 0.251 e. The number of carbonyl (C=O) groups is 1.